The van der Waals surface area contributed by atoms with E-state index in [1.807, 2.05) is 0 Å². The number of esters is 1. The lowest BCUT2D eigenvalue weighted by Gasteiger charge is -2.23. The Bertz CT molecular complexity index is 1700. The third-order valence-corrected chi connectivity index (χ3v) is 7.71. The standard InChI is InChI=1S/C28H19ClN2O7S/c1-36-27(35)15-4-2-14(3-5-15)23-22(24(32)16-6-9-19-20(12-16)38-11-10-37-19)25(33)26(34)31(23)28-30-18-8-7-17(29)13-21(18)39-28/h2-9,12-13,23,32H,10-11H2,1H3/b24-22+/t23-/m1/s1. The van der Waals surface area contributed by atoms with Gasteiger partial charge in [-0.15, -0.1) is 0 Å². The summed E-state index contributed by atoms with van der Waals surface area (Å²) in [6, 6.07) is 15.2. The molecule has 11 heteroatoms. The van der Waals surface area contributed by atoms with Crippen molar-refractivity contribution in [3.8, 4) is 11.5 Å². The van der Waals surface area contributed by atoms with Crippen LogP contribution in [0.25, 0.3) is 16.0 Å². The van der Waals surface area contributed by atoms with E-state index in [4.69, 9.17) is 25.8 Å². The maximum absolute atomic E-state index is 13.5. The lowest BCUT2D eigenvalue weighted by atomic mass is 9.94. The minimum absolute atomic E-state index is 0.125. The SMILES string of the molecule is COC(=O)c1ccc([C@@H]2/C(=C(\O)c3ccc4c(c3)OCCO4)C(=O)C(=O)N2c2nc3ccc(Cl)cc3s2)cc1. The van der Waals surface area contributed by atoms with E-state index in [1.165, 1.54) is 35.5 Å². The molecule has 0 aliphatic carbocycles. The Balaban J connectivity index is 1.52. The van der Waals surface area contributed by atoms with Gasteiger partial charge in [-0.2, -0.15) is 0 Å². The monoisotopic (exact) mass is 562 g/mol. The quantitative estimate of drug-likeness (QED) is 0.157. The predicted molar refractivity (Wildman–Crippen MR) is 145 cm³/mol. The molecule has 3 heterocycles. The average Bonchev–Trinajstić information content (AvgIpc) is 3.49. The van der Waals surface area contributed by atoms with Crippen LogP contribution in [-0.4, -0.2) is 48.1 Å². The number of nitrogens with zero attached hydrogens (tertiary/aromatic N) is 2. The van der Waals surface area contributed by atoms with Crippen molar-refractivity contribution < 1.29 is 33.7 Å². The van der Waals surface area contributed by atoms with Crippen molar-refractivity contribution >= 4 is 61.7 Å². The van der Waals surface area contributed by atoms with Crippen LogP contribution in [0.2, 0.25) is 5.02 Å². The summed E-state index contributed by atoms with van der Waals surface area (Å²) in [5.74, 6) is -1.69. The largest absolute Gasteiger partial charge is 0.507 e. The predicted octanol–water partition coefficient (Wildman–Crippen LogP) is 5.13. The molecule has 4 aromatic rings. The molecule has 196 valence electrons. The van der Waals surface area contributed by atoms with E-state index in [9.17, 15) is 19.5 Å². The smallest absolute Gasteiger partial charge is 0.337 e. The molecule has 2 aliphatic rings. The maximum atomic E-state index is 13.5. The fraction of sp³-hybridized carbons (Fsp3) is 0.143. The number of ketones is 1. The lowest BCUT2D eigenvalue weighted by Crippen LogP contribution is -2.29. The Morgan fingerprint density at radius 2 is 1.74 bits per heavy atom. The summed E-state index contributed by atoms with van der Waals surface area (Å²) >= 11 is 7.34. The first-order valence-corrected chi connectivity index (χ1v) is 13.0. The number of ether oxygens (including phenoxy) is 3. The number of methoxy groups -OCH3 is 1. The zero-order valence-corrected chi connectivity index (χ0v) is 21.9. The second kappa shape index (κ2) is 9.72. The Kier molecular flexibility index (Phi) is 6.20. The fourth-order valence-corrected chi connectivity index (χ4v) is 5.87. The van der Waals surface area contributed by atoms with Crippen molar-refractivity contribution in [1.29, 1.82) is 0 Å². The number of carbonyl (C=O) groups is 3. The molecule has 0 unspecified atom stereocenters. The van der Waals surface area contributed by atoms with Gasteiger partial charge in [-0.1, -0.05) is 35.1 Å². The van der Waals surface area contributed by atoms with Crippen molar-refractivity contribution in [3.05, 3.63) is 87.9 Å². The lowest BCUT2D eigenvalue weighted by molar-refractivity contribution is -0.132. The van der Waals surface area contributed by atoms with Crippen molar-refractivity contribution in [3.63, 3.8) is 0 Å². The highest BCUT2D eigenvalue weighted by molar-refractivity contribution is 7.22. The average molecular weight is 563 g/mol. The van der Waals surface area contributed by atoms with Gasteiger partial charge in [0, 0.05) is 10.6 Å². The summed E-state index contributed by atoms with van der Waals surface area (Å²) in [6.45, 7) is 0.744. The van der Waals surface area contributed by atoms with Crippen LogP contribution in [0.15, 0.2) is 66.2 Å². The zero-order valence-electron chi connectivity index (χ0n) is 20.3. The Hall–Kier alpha value is -4.41. The molecular weight excluding hydrogens is 544 g/mol. The van der Waals surface area contributed by atoms with Gasteiger partial charge in [-0.25, -0.2) is 9.78 Å². The van der Waals surface area contributed by atoms with Crippen LogP contribution in [0.5, 0.6) is 11.5 Å². The Morgan fingerprint density at radius 3 is 2.49 bits per heavy atom. The minimum atomic E-state index is -1.03. The molecule has 1 saturated heterocycles. The number of benzene rings is 3. The summed E-state index contributed by atoms with van der Waals surface area (Å²) in [4.78, 5) is 44.8. The van der Waals surface area contributed by atoms with Crippen molar-refractivity contribution in [2.75, 3.05) is 25.2 Å². The topological polar surface area (TPSA) is 115 Å². The van der Waals surface area contributed by atoms with Crippen LogP contribution in [-0.2, 0) is 14.3 Å². The molecule has 9 nitrogen and oxygen atoms in total. The molecule has 1 fully saturated rings. The molecular formula is C28H19ClN2O7S. The number of amides is 1. The molecule has 2 aliphatic heterocycles. The molecule has 3 aromatic carbocycles. The first kappa shape index (κ1) is 24.9. The molecule has 1 N–H and O–H groups in total. The van der Waals surface area contributed by atoms with Crippen LogP contribution < -0.4 is 14.4 Å². The van der Waals surface area contributed by atoms with E-state index in [0.29, 0.717) is 46.4 Å². The summed E-state index contributed by atoms with van der Waals surface area (Å²) in [5.41, 5.74) is 1.54. The molecule has 1 aromatic heterocycles. The second-order valence-electron chi connectivity index (χ2n) is 8.75. The van der Waals surface area contributed by atoms with Gasteiger partial charge >= 0.3 is 11.9 Å². The van der Waals surface area contributed by atoms with E-state index >= 15 is 0 Å². The van der Waals surface area contributed by atoms with Gasteiger partial charge < -0.3 is 19.3 Å². The number of hydrogen-bond donors (Lipinski definition) is 1. The highest BCUT2D eigenvalue weighted by Crippen LogP contribution is 2.45. The number of aliphatic hydroxyl groups is 1. The number of aliphatic hydroxyl groups excluding tert-OH is 1. The van der Waals surface area contributed by atoms with Crippen LogP contribution in [0.1, 0.15) is 27.5 Å². The van der Waals surface area contributed by atoms with Crippen LogP contribution >= 0.6 is 22.9 Å². The van der Waals surface area contributed by atoms with Gasteiger partial charge in [0.05, 0.1) is 34.5 Å². The van der Waals surface area contributed by atoms with E-state index in [0.717, 1.165) is 4.70 Å². The fourth-order valence-electron chi connectivity index (χ4n) is 4.60. The molecule has 1 amide bonds. The first-order chi connectivity index (χ1) is 18.9. The van der Waals surface area contributed by atoms with Gasteiger partial charge in [0.1, 0.15) is 19.0 Å². The Labute approximate surface area is 230 Å². The number of fused-ring (bicyclic) bond motifs is 2. The van der Waals surface area contributed by atoms with Gasteiger partial charge in [-0.3, -0.25) is 14.5 Å². The van der Waals surface area contributed by atoms with Crippen molar-refractivity contribution in [2.24, 2.45) is 0 Å². The van der Waals surface area contributed by atoms with Crippen LogP contribution in [0, 0.1) is 0 Å². The molecule has 0 radical (unpaired) electrons. The second-order valence-corrected chi connectivity index (χ2v) is 10.2. The summed E-state index contributed by atoms with van der Waals surface area (Å²) < 4.78 is 16.7. The summed E-state index contributed by atoms with van der Waals surface area (Å²) in [5, 5.41) is 12.2. The number of halogens is 1. The number of thiazole rings is 1. The number of rotatable bonds is 4. The zero-order chi connectivity index (χ0) is 27.3. The highest BCUT2D eigenvalue weighted by atomic mass is 35.5. The minimum Gasteiger partial charge on any atom is -0.507 e. The molecule has 39 heavy (non-hydrogen) atoms. The molecule has 0 spiro atoms. The van der Waals surface area contributed by atoms with E-state index in [1.54, 1.807) is 48.5 Å². The van der Waals surface area contributed by atoms with Gasteiger partial charge in [0.2, 0.25) is 0 Å². The van der Waals surface area contributed by atoms with E-state index < -0.39 is 23.7 Å². The molecule has 1 atom stereocenters. The number of carbonyl (C=O) groups excluding carboxylic acids is 3. The molecule has 0 bridgehead atoms. The van der Waals surface area contributed by atoms with Gasteiger partial charge in [-0.05, 0) is 54.1 Å². The van der Waals surface area contributed by atoms with Gasteiger partial charge in [0.25, 0.3) is 5.78 Å². The highest BCUT2D eigenvalue weighted by Gasteiger charge is 2.48. The normalized spacial score (nSPS) is 18.0. The van der Waals surface area contributed by atoms with Gasteiger partial charge in [0.15, 0.2) is 16.6 Å². The third-order valence-electron chi connectivity index (χ3n) is 6.45. The number of anilines is 1. The number of aromatic nitrogens is 1. The van der Waals surface area contributed by atoms with Crippen LogP contribution in [0.3, 0.4) is 0 Å². The van der Waals surface area contributed by atoms with Crippen LogP contribution in [0.4, 0.5) is 5.13 Å². The summed E-state index contributed by atoms with van der Waals surface area (Å²) in [7, 11) is 1.28. The maximum Gasteiger partial charge on any atom is 0.337 e. The first-order valence-electron chi connectivity index (χ1n) is 11.8. The number of Topliss-reactive ketones (excluding diaryl/α,β-unsaturated/α-hetero) is 1. The molecule has 0 saturated carbocycles. The summed E-state index contributed by atoms with van der Waals surface area (Å²) in [6.07, 6.45) is 0. The number of hydrogen-bond acceptors (Lipinski definition) is 9. The van der Waals surface area contributed by atoms with Crippen molar-refractivity contribution in [1.82, 2.24) is 4.98 Å². The Morgan fingerprint density at radius 1 is 1.03 bits per heavy atom. The van der Waals surface area contributed by atoms with E-state index in [-0.39, 0.29) is 22.0 Å². The third kappa shape index (κ3) is 4.27. The van der Waals surface area contributed by atoms with Crippen molar-refractivity contribution in [2.45, 2.75) is 6.04 Å². The van der Waals surface area contributed by atoms with E-state index in [2.05, 4.69) is 4.98 Å². The molecule has 6 rings (SSSR count).